The predicted molar refractivity (Wildman–Crippen MR) is 135 cm³/mol. The largest absolute Gasteiger partial charge is 0.383 e. The number of nitrogen functional groups attached to an aromatic ring is 1. The molecule has 1 amide bonds. The summed E-state index contributed by atoms with van der Waals surface area (Å²) in [5.41, 5.74) is 9.11. The van der Waals surface area contributed by atoms with Gasteiger partial charge in [-0.15, -0.1) is 0 Å². The summed E-state index contributed by atoms with van der Waals surface area (Å²) in [5.74, 6) is -0.479. The SMILES string of the molecule is Nc1c(C(=O)Nc2ccc(Cl)cc2)c2nc3ccccc3nc2n1N=Cc1cccc([N+](=O)[O-])c1. The highest BCUT2D eigenvalue weighted by atomic mass is 35.5. The monoisotopic (exact) mass is 485 g/mol. The summed E-state index contributed by atoms with van der Waals surface area (Å²) in [7, 11) is 0. The average Bonchev–Trinajstić information content (AvgIpc) is 3.12. The number of hydrogen-bond donors (Lipinski definition) is 2. The van der Waals surface area contributed by atoms with Crippen LogP contribution in [0, 0.1) is 10.1 Å². The number of hydrogen-bond acceptors (Lipinski definition) is 7. The number of non-ortho nitro benzene ring substituents is 1. The summed E-state index contributed by atoms with van der Waals surface area (Å²) in [6, 6.07) is 19.8. The van der Waals surface area contributed by atoms with E-state index in [0.717, 1.165) is 0 Å². The van der Waals surface area contributed by atoms with E-state index in [0.29, 0.717) is 27.3 Å². The smallest absolute Gasteiger partial charge is 0.270 e. The van der Waals surface area contributed by atoms with Crippen molar-refractivity contribution in [2.75, 3.05) is 11.1 Å². The van der Waals surface area contributed by atoms with Crippen molar-refractivity contribution in [3.8, 4) is 0 Å². The molecule has 5 rings (SSSR count). The molecule has 0 spiro atoms. The lowest BCUT2D eigenvalue weighted by atomic mass is 10.2. The number of nitrogens with one attached hydrogen (secondary N) is 1. The molecule has 0 aliphatic carbocycles. The minimum Gasteiger partial charge on any atom is -0.383 e. The third-order valence-corrected chi connectivity index (χ3v) is 5.46. The van der Waals surface area contributed by atoms with E-state index in [1.165, 1.54) is 23.0 Å². The number of aromatic nitrogens is 3. The lowest BCUT2D eigenvalue weighted by molar-refractivity contribution is -0.384. The molecule has 2 heterocycles. The van der Waals surface area contributed by atoms with Crippen molar-refractivity contribution < 1.29 is 9.72 Å². The van der Waals surface area contributed by atoms with E-state index < -0.39 is 10.8 Å². The Morgan fingerprint density at radius 3 is 2.49 bits per heavy atom. The number of carbonyl (C=O) groups excluding carboxylic acids is 1. The quantitative estimate of drug-likeness (QED) is 0.207. The minimum atomic E-state index is -0.497. The molecule has 35 heavy (non-hydrogen) atoms. The topological polar surface area (TPSA) is 141 Å². The van der Waals surface area contributed by atoms with Crippen LogP contribution in [0.25, 0.3) is 22.2 Å². The Kier molecular flexibility index (Phi) is 5.55. The second-order valence-electron chi connectivity index (χ2n) is 7.51. The summed E-state index contributed by atoms with van der Waals surface area (Å²) < 4.78 is 1.30. The van der Waals surface area contributed by atoms with Crippen molar-refractivity contribution in [3.63, 3.8) is 0 Å². The number of rotatable bonds is 5. The third-order valence-electron chi connectivity index (χ3n) is 5.21. The third kappa shape index (κ3) is 4.25. The molecule has 0 aliphatic heterocycles. The molecule has 5 aromatic rings. The zero-order valence-corrected chi connectivity index (χ0v) is 18.7. The number of halogens is 1. The van der Waals surface area contributed by atoms with E-state index in [1.807, 2.05) is 12.1 Å². The number of amides is 1. The number of fused-ring (bicyclic) bond motifs is 2. The van der Waals surface area contributed by atoms with Crippen LogP contribution in [-0.2, 0) is 0 Å². The normalized spacial score (nSPS) is 11.3. The number of anilines is 2. The summed E-state index contributed by atoms with van der Waals surface area (Å²) in [5, 5.41) is 18.8. The van der Waals surface area contributed by atoms with Gasteiger partial charge in [0.1, 0.15) is 16.9 Å². The molecule has 3 aromatic carbocycles. The van der Waals surface area contributed by atoms with Crippen LogP contribution in [-0.4, -0.2) is 31.7 Å². The van der Waals surface area contributed by atoms with E-state index >= 15 is 0 Å². The lowest BCUT2D eigenvalue weighted by Gasteiger charge is -2.05. The molecule has 0 radical (unpaired) electrons. The maximum atomic E-state index is 13.2. The van der Waals surface area contributed by atoms with Crippen molar-refractivity contribution in [1.82, 2.24) is 14.6 Å². The zero-order valence-electron chi connectivity index (χ0n) is 17.9. The predicted octanol–water partition coefficient (Wildman–Crippen LogP) is 4.86. The second kappa shape index (κ2) is 8.84. The van der Waals surface area contributed by atoms with E-state index in [1.54, 1.807) is 48.5 Å². The highest BCUT2D eigenvalue weighted by Crippen LogP contribution is 2.29. The molecule has 0 atom stereocenters. The molecule has 0 aliphatic rings. The molecular formula is C24H16ClN7O3. The van der Waals surface area contributed by atoms with Crippen LogP contribution in [0.5, 0.6) is 0 Å². The highest BCUT2D eigenvalue weighted by Gasteiger charge is 2.24. The fraction of sp³-hybridized carbons (Fsp3) is 0. The van der Waals surface area contributed by atoms with Crippen LogP contribution >= 0.6 is 11.6 Å². The van der Waals surface area contributed by atoms with Crippen LogP contribution in [0.1, 0.15) is 15.9 Å². The van der Waals surface area contributed by atoms with Gasteiger partial charge in [-0.05, 0) is 36.4 Å². The Morgan fingerprint density at radius 2 is 1.77 bits per heavy atom. The van der Waals surface area contributed by atoms with E-state index in [4.69, 9.17) is 17.3 Å². The average molecular weight is 486 g/mol. The molecule has 11 heteroatoms. The van der Waals surface area contributed by atoms with Crippen molar-refractivity contribution in [1.29, 1.82) is 0 Å². The molecule has 10 nitrogen and oxygen atoms in total. The molecule has 0 fully saturated rings. The van der Waals surface area contributed by atoms with Crippen molar-refractivity contribution >= 4 is 63.1 Å². The summed E-state index contributed by atoms with van der Waals surface area (Å²) in [6.07, 6.45) is 1.40. The van der Waals surface area contributed by atoms with Gasteiger partial charge in [-0.3, -0.25) is 14.9 Å². The van der Waals surface area contributed by atoms with Gasteiger partial charge in [0.2, 0.25) is 0 Å². The van der Waals surface area contributed by atoms with Crippen molar-refractivity contribution in [2.24, 2.45) is 5.10 Å². The van der Waals surface area contributed by atoms with Gasteiger partial charge in [0.05, 0.1) is 22.2 Å². The van der Waals surface area contributed by atoms with Gasteiger partial charge in [0, 0.05) is 28.4 Å². The molecule has 0 saturated carbocycles. The number of carbonyl (C=O) groups is 1. The molecule has 3 N–H and O–H groups in total. The van der Waals surface area contributed by atoms with E-state index in [-0.39, 0.29) is 28.2 Å². The Bertz CT molecular complexity index is 1650. The van der Waals surface area contributed by atoms with Crippen LogP contribution < -0.4 is 11.1 Å². The molecule has 0 unspecified atom stereocenters. The van der Waals surface area contributed by atoms with E-state index in [2.05, 4.69) is 20.4 Å². The molecular weight excluding hydrogens is 470 g/mol. The van der Waals surface area contributed by atoms with Gasteiger partial charge in [-0.2, -0.15) is 9.78 Å². The first-order valence-electron chi connectivity index (χ1n) is 10.3. The van der Waals surface area contributed by atoms with Gasteiger partial charge in [-0.25, -0.2) is 9.97 Å². The number of nitrogens with two attached hydrogens (primary N) is 1. The number of nitrogens with zero attached hydrogens (tertiary/aromatic N) is 5. The second-order valence-corrected chi connectivity index (χ2v) is 7.95. The van der Waals surface area contributed by atoms with Gasteiger partial charge >= 0.3 is 0 Å². The maximum absolute atomic E-state index is 13.2. The van der Waals surface area contributed by atoms with E-state index in [9.17, 15) is 14.9 Å². The highest BCUT2D eigenvalue weighted by molar-refractivity contribution is 6.30. The van der Waals surface area contributed by atoms with Crippen LogP contribution in [0.2, 0.25) is 5.02 Å². The molecule has 2 aromatic heterocycles. The van der Waals surface area contributed by atoms with Gasteiger partial charge in [0.25, 0.3) is 11.6 Å². The Balaban J connectivity index is 1.64. The van der Waals surface area contributed by atoms with Gasteiger partial charge in [-0.1, -0.05) is 35.9 Å². The fourth-order valence-corrected chi connectivity index (χ4v) is 3.68. The Morgan fingerprint density at radius 1 is 1.06 bits per heavy atom. The van der Waals surface area contributed by atoms with Gasteiger partial charge in [0.15, 0.2) is 5.65 Å². The Labute approximate surface area is 202 Å². The number of nitro groups is 1. The summed E-state index contributed by atoms with van der Waals surface area (Å²) >= 11 is 5.93. The first-order valence-corrected chi connectivity index (χ1v) is 10.7. The molecule has 0 saturated heterocycles. The Hall–Kier alpha value is -4.83. The maximum Gasteiger partial charge on any atom is 0.270 e. The number of benzene rings is 3. The summed E-state index contributed by atoms with van der Waals surface area (Å²) in [4.78, 5) is 33.1. The van der Waals surface area contributed by atoms with Crippen molar-refractivity contribution in [2.45, 2.75) is 0 Å². The minimum absolute atomic E-state index is 0.0171. The number of nitro benzene ring substituents is 1. The zero-order chi connectivity index (χ0) is 24.5. The van der Waals surface area contributed by atoms with Crippen LogP contribution in [0.15, 0.2) is 77.9 Å². The standard InChI is InChI=1S/C24H16ClN7O3/c25-15-8-10-16(11-9-15)28-24(33)20-21-23(30-19-7-2-1-6-18(19)29-21)31(22(20)26)27-13-14-4-3-5-17(12-14)32(34)35/h1-13H,26H2,(H,28,33). The lowest BCUT2D eigenvalue weighted by Crippen LogP contribution is -2.14. The van der Waals surface area contributed by atoms with Crippen LogP contribution in [0.3, 0.4) is 0 Å². The first kappa shape index (κ1) is 22.0. The van der Waals surface area contributed by atoms with Gasteiger partial charge < -0.3 is 11.1 Å². The van der Waals surface area contributed by atoms with Crippen LogP contribution in [0.4, 0.5) is 17.2 Å². The summed E-state index contributed by atoms with van der Waals surface area (Å²) in [6.45, 7) is 0. The molecule has 172 valence electrons. The van der Waals surface area contributed by atoms with Crippen molar-refractivity contribution in [3.05, 3.63) is 99.1 Å². The first-order chi connectivity index (χ1) is 16.9. The molecule has 0 bridgehead atoms. The number of para-hydroxylation sites is 2. The fourth-order valence-electron chi connectivity index (χ4n) is 3.56.